The molecule has 7 N–H and O–H groups in total. The third-order valence-electron chi connectivity index (χ3n) is 16.0. The van der Waals surface area contributed by atoms with Crippen LogP contribution in [0.3, 0.4) is 0 Å². The molecule has 474 valence electrons. The summed E-state index contributed by atoms with van der Waals surface area (Å²) < 4.78 is 23.8. The van der Waals surface area contributed by atoms with E-state index < -0.39 is 6.08 Å². The maximum atomic E-state index is 13.5. The van der Waals surface area contributed by atoms with E-state index in [9.17, 15) is 4.39 Å². The molecule has 9 aromatic rings. The lowest BCUT2D eigenvalue weighted by atomic mass is 10.3. The molecule has 0 radical (unpaired) electrons. The number of likely N-dealkylation sites (N-methyl/N-ethyl adjacent to an activating group) is 4. The molecule has 0 atom stereocenters. The van der Waals surface area contributed by atoms with Crippen LogP contribution in [-0.4, -0.2) is 282 Å². The number of hydrogen-bond acceptors (Lipinski definition) is 28. The van der Waals surface area contributed by atoms with Crippen LogP contribution in [0, 0.1) is 12.7 Å². The van der Waals surface area contributed by atoms with Gasteiger partial charge in [-0.15, -0.1) is 0 Å². The molecule has 35 heteroatoms. The molecule has 0 aromatic carbocycles. The molecule has 5 aliphatic rings. The van der Waals surface area contributed by atoms with Gasteiger partial charge in [-0.05, 0) is 39.8 Å². The first-order valence-electron chi connectivity index (χ1n) is 29.3. The number of aromatic nitrogens is 18. The first-order valence-corrected chi connectivity index (χ1v) is 29.7. The highest BCUT2D eigenvalue weighted by molar-refractivity contribution is 6.28. The second-order valence-electron chi connectivity index (χ2n) is 22.0. The Morgan fingerprint density at radius 3 is 1.40 bits per heavy atom. The van der Waals surface area contributed by atoms with Crippen molar-refractivity contribution in [1.29, 1.82) is 0 Å². The van der Waals surface area contributed by atoms with Gasteiger partial charge in [-0.3, -0.25) is 19.1 Å². The minimum Gasteiger partial charge on any atom is -0.382 e. The number of nitrogen functional groups attached to an aromatic ring is 2. The summed E-state index contributed by atoms with van der Waals surface area (Å²) in [4.78, 5) is 65.6. The van der Waals surface area contributed by atoms with Crippen LogP contribution in [0.5, 0.6) is 0 Å². The third kappa shape index (κ3) is 14.8. The fourth-order valence-corrected chi connectivity index (χ4v) is 10.8. The molecule has 5 aliphatic heterocycles. The lowest BCUT2D eigenvalue weighted by Crippen LogP contribution is -2.45. The molecule has 9 aromatic heterocycles. The van der Waals surface area contributed by atoms with Crippen LogP contribution in [0.2, 0.25) is 5.28 Å². The molecule has 0 spiro atoms. The Balaban J connectivity index is 0.000000123. The van der Waals surface area contributed by atoms with Gasteiger partial charge in [0.15, 0.2) is 22.6 Å². The summed E-state index contributed by atoms with van der Waals surface area (Å²) in [6, 6.07) is 0. The van der Waals surface area contributed by atoms with E-state index in [0.717, 1.165) is 167 Å². The summed E-state index contributed by atoms with van der Waals surface area (Å²) in [6.45, 7) is 25.4. The second-order valence-corrected chi connectivity index (χ2v) is 22.4. The molecule has 0 saturated carbocycles. The smallest absolute Gasteiger partial charge is 0.312 e. The van der Waals surface area contributed by atoms with Gasteiger partial charge in [0.05, 0.1) is 66.1 Å². The van der Waals surface area contributed by atoms with Crippen molar-refractivity contribution >= 4 is 114 Å². The predicted molar refractivity (Wildman–Crippen MR) is 344 cm³/mol. The average molecular weight is 1250 g/mol. The molecule has 0 aliphatic carbocycles. The summed E-state index contributed by atoms with van der Waals surface area (Å²) in [7, 11) is 17.5. The van der Waals surface area contributed by atoms with Gasteiger partial charge in [0.2, 0.25) is 23.1 Å². The number of ether oxygens (including phenoxy) is 1. The van der Waals surface area contributed by atoms with Gasteiger partial charge in [-0.25, -0.2) is 14.8 Å². The minimum absolute atomic E-state index is 0.170. The Morgan fingerprint density at radius 2 is 0.910 bits per heavy atom. The predicted octanol–water partition coefficient (Wildman–Crippen LogP) is 1.35. The van der Waals surface area contributed by atoms with Crippen molar-refractivity contribution in [3.8, 4) is 0 Å². The van der Waals surface area contributed by atoms with Crippen LogP contribution in [0.25, 0.3) is 49.0 Å². The molecule has 89 heavy (non-hydrogen) atoms. The Labute approximate surface area is 519 Å². The summed E-state index contributed by atoms with van der Waals surface area (Å²) in [5, 5.41) is 29.4. The maximum absolute atomic E-state index is 13.5. The van der Waals surface area contributed by atoms with E-state index in [-0.39, 0.29) is 11.2 Å². The molecule has 0 unspecified atom stereocenters. The van der Waals surface area contributed by atoms with Crippen molar-refractivity contribution < 1.29 is 9.13 Å². The maximum Gasteiger partial charge on any atom is 0.312 e. The average Bonchev–Trinajstić information content (AvgIpc) is 1.92. The normalized spacial score (nSPS) is 17.1. The number of aryl methyl sites for hydroxylation is 3. The number of anilines is 9. The van der Waals surface area contributed by atoms with E-state index in [0.29, 0.717) is 61.0 Å². The SMILES string of the molecule is CN1CCN(c2nc(Cl)nc3c2cnn3C)CC1.CN1CCN(c2nc(F)nc3c2cnn3C)CC1.CN1CCN(c2nc(N)nc3c2cnn3C)CC1.CNc1nc(N2CCN(C)CC2)nc2[nH]ncc12.[C-]#[N+]c1c(NC)nc(N)nc1N1CCOCC1. The van der Waals surface area contributed by atoms with Crippen LogP contribution < -0.4 is 46.6 Å². The molecule has 5 fully saturated rings. The van der Waals surface area contributed by atoms with Crippen molar-refractivity contribution in [3.05, 3.63) is 47.6 Å². The number of halogens is 2. The molecule has 14 heterocycles. The summed E-state index contributed by atoms with van der Waals surface area (Å²) in [5.74, 6) is 5.56. The van der Waals surface area contributed by atoms with Gasteiger partial charge in [-0.2, -0.15) is 64.7 Å². The van der Waals surface area contributed by atoms with Crippen molar-refractivity contribution in [2.24, 2.45) is 21.1 Å². The fraction of sp³-hybridized carbons (Fsp3) is 0.537. The lowest BCUT2D eigenvalue weighted by Gasteiger charge is -2.33. The lowest BCUT2D eigenvalue weighted by molar-refractivity contribution is 0.122. The number of fused-ring (bicyclic) bond motifs is 4. The van der Waals surface area contributed by atoms with Crippen LogP contribution in [0.4, 0.5) is 62.8 Å². The zero-order valence-electron chi connectivity index (χ0n) is 51.8. The Morgan fingerprint density at radius 1 is 0.483 bits per heavy atom. The van der Waals surface area contributed by atoms with E-state index in [1.807, 2.05) is 32.2 Å². The minimum atomic E-state index is -0.694. The first-order chi connectivity index (χ1) is 43.0. The van der Waals surface area contributed by atoms with Gasteiger partial charge in [0, 0.05) is 153 Å². The molecule has 33 nitrogen and oxygen atoms in total. The Hall–Kier alpha value is -9.01. The molecule has 0 bridgehead atoms. The Kier molecular flexibility index (Phi) is 20.1. The highest BCUT2D eigenvalue weighted by Crippen LogP contribution is 2.35. The van der Waals surface area contributed by atoms with Gasteiger partial charge < -0.3 is 70.9 Å². The largest absolute Gasteiger partial charge is 0.382 e. The second kappa shape index (κ2) is 28.4. The summed E-state index contributed by atoms with van der Waals surface area (Å²) in [5.41, 5.74) is 14.7. The highest BCUT2D eigenvalue weighted by atomic mass is 35.5. The van der Waals surface area contributed by atoms with E-state index in [1.54, 1.807) is 46.7 Å². The van der Waals surface area contributed by atoms with Crippen molar-refractivity contribution in [2.75, 3.05) is 220 Å². The molecule has 0 amide bonds. The van der Waals surface area contributed by atoms with Gasteiger partial charge in [0.1, 0.15) is 34.9 Å². The quantitative estimate of drug-likeness (QED) is 0.111. The van der Waals surface area contributed by atoms with Crippen molar-refractivity contribution in [2.45, 2.75) is 0 Å². The van der Waals surface area contributed by atoms with E-state index in [4.69, 9.17) is 34.4 Å². The summed E-state index contributed by atoms with van der Waals surface area (Å²) in [6.07, 6.45) is 6.36. The number of nitrogens with one attached hydrogen (secondary N) is 3. The van der Waals surface area contributed by atoms with Crippen LogP contribution >= 0.6 is 11.6 Å². The summed E-state index contributed by atoms with van der Waals surface area (Å²) >= 11 is 6.00. The van der Waals surface area contributed by atoms with Gasteiger partial charge in [0.25, 0.3) is 5.69 Å². The number of morpholine rings is 1. The zero-order chi connectivity index (χ0) is 62.9. The van der Waals surface area contributed by atoms with E-state index in [1.165, 1.54) is 0 Å². The molecule has 14 rings (SSSR count). The number of aromatic amines is 1. The number of nitrogens with two attached hydrogens (primary N) is 2. The van der Waals surface area contributed by atoms with Gasteiger partial charge in [-0.1, -0.05) is 0 Å². The third-order valence-corrected chi connectivity index (χ3v) is 16.1. The fourth-order valence-electron chi connectivity index (χ4n) is 10.7. The van der Waals surface area contributed by atoms with Crippen molar-refractivity contribution in [3.63, 3.8) is 0 Å². The Bertz CT molecular complexity index is 3620. The van der Waals surface area contributed by atoms with E-state index >= 15 is 0 Å². The number of hydrogen-bond donors (Lipinski definition) is 5. The zero-order valence-corrected chi connectivity index (χ0v) is 52.6. The first kappa shape index (κ1) is 63.0. The van der Waals surface area contributed by atoms with Crippen LogP contribution in [-0.2, 0) is 25.9 Å². The molecular weight excluding hydrogens is 1170 g/mol. The monoisotopic (exact) mass is 1240 g/mol. The van der Waals surface area contributed by atoms with Crippen molar-refractivity contribution in [1.82, 2.24) is 109 Å². The number of nitrogens with zero attached hydrogens (tertiary/aromatic N) is 27. The van der Waals surface area contributed by atoms with Crippen LogP contribution in [0.1, 0.15) is 0 Å². The van der Waals surface area contributed by atoms with Crippen LogP contribution in [0.15, 0.2) is 24.8 Å². The number of rotatable bonds is 7. The molecule has 5 saturated heterocycles. The number of H-pyrrole nitrogens is 1. The van der Waals surface area contributed by atoms with Gasteiger partial charge >= 0.3 is 6.08 Å². The topological polar surface area (TPSA) is 330 Å². The highest BCUT2D eigenvalue weighted by Gasteiger charge is 2.26. The number of piperazine rings is 4. The standard InChI is InChI=1S/C11H15ClN6.C11H15FN6.2C11H17N7.C10H14N6O/c3*1-16-3-5-18(6-4-16)10-8-7-13-17(2)9(8)14-11(12)15-10;1-12-9-8-7-13-16-10(8)15-11(14-9)18-5-3-17(2)4-6-18;1-12-7-8(13-2)14-10(11)15-9(7)16-3-5-17-6-4-16/h2*7H,3-6H2,1-2H3;7H,3-6H2,1-2H3,(H2,12,14,15);7H,3-6H2,1-2H3,(H2,12,13,14,15,16);3-6H2,2H3,(H3,11,13,14,15). The molecular formula is C54H78ClFN32O. The van der Waals surface area contributed by atoms with E-state index in [2.05, 4.69) is 158 Å².